The molecule has 0 amide bonds. The molecule has 0 saturated heterocycles. The summed E-state index contributed by atoms with van der Waals surface area (Å²) in [6.07, 6.45) is 5.18. The second kappa shape index (κ2) is 6.42. The molecule has 18 heavy (non-hydrogen) atoms. The van der Waals surface area contributed by atoms with Gasteiger partial charge in [0.15, 0.2) is 0 Å². The second-order valence-electron chi connectivity index (χ2n) is 5.09. The Hall–Kier alpha value is -1.53. The molecule has 2 N–H and O–H groups in total. The first-order chi connectivity index (χ1) is 8.81. The molecular weight excluding hydrogens is 222 g/mol. The molecule has 0 aromatic heterocycles. The van der Waals surface area contributed by atoms with Gasteiger partial charge in [-0.15, -0.1) is 0 Å². The van der Waals surface area contributed by atoms with E-state index in [1.165, 1.54) is 25.7 Å². The van der Waals surface area contributed by atoms with Gasteiger partial charge >= 0.3 is 0 Å². The van der Waals surface area contributed by atoms with Crippen LogP contribution in [0.15, 0.2) is 24.3 Å². The Morgan fingerprint density at radius 3 is 3.06 bits per heavy atom. The molecule has 1 saturated carbocycles. The average molecular weight is 243 g/mol. The zero-order valence-electron chi connectivity index (χ0n) is 10.9. The van der Waals surface area contributed by atoms with Crippen LogP contribution in [-0.2, 0) is 0 Å². The molecule has 1 aliphatic rings. The first kappa shape index (κ1) is 12.9. The van der Waals surface area contributed by atoms with Gasteiger partial charge in [-0.2, -0.15) is 5.26 Å². The van der Waals surface area contributed by atoms with Crippen molar-refractivity contribution < 1.29 is 0 Å². The van der Waals surface area contributed by atoms with Crippen LogP contribution in [-0.4, -0.2) is 19.6 Å². The zero-order chi connectivity index (χ0) is 12.8. The maximum Gasteiger partial charge on any atom is 0.0992 e. The van der Waals surface area contributed by atoms with Crippen molar-refractivity contribution in [2.75, 3.05) is 18.9 Å². The lowest BCUT2D eigenvalue weighted by Crippen LogP contribution is -2.33. The molecular formula is C15H21N3. The van der Waals surface area contributed by atoms with Crippen LogP contribution in [0.3, 0.4) is 0 Å². The largest absolute Gasteiger partial charge is 0.385 e. The summed E-state index contributed by atoms with van der Waals surface area (Å²) in [4.78, 5) is 0. The Balaban J connectivity index is 1.85. The Morgan fingerprint density at radius 2 is 2.28 bits per heavy atom. The molecule has 1 aliphatic carbocycles. The fraction of sp³-hybridized carbons (Fsp3) is 0.533. The third kappa shape index (κ3) is 3.48. The van der Waals surface area contributed by atoms with Gasteiger partial charge in [-0.1, -0.05) is 12.5 Å². The van der Waals surface area contributed by atoms with Gasteiger partial charge in [0.05, 0.1) is 11.6 Å². The number of nitrogens with zero attached hydrogens (tertiary/aromatic N) is 1. The number of nitrogens with one attached hydrogen (secondary N) is 2. The molecule has 1 fully saturated rings. The Labute approximate surface area is 109 Å². The predicted octanol–water partition coefficient (Wildman–Crippen LogP) is 2.75. The number of rotatable bonds is 4. The standard InChI is InChI=1S/C15H21N3/c1-17-14-6-3-5-13(9-14)11-18-15-7-2-4-12(8-15)10-16/h2,4,7-8,13-14,17-18H,3,5-6,9,11H2,1H3. The van der Waals surface area contributed by atoms with Gasteiger partial charge in [0.25, 0.3) is 0 Å². The van der Waals surface area contributed by atoms with Gasteiger partial charge in [-0.3, -0.25) is 0 Å². The molecule has 3 heteroatoms. The number of hydrogen-bond acceptors (Lipinski definition) is 3. The van der Waals surface area contributed by atoms with E-state index in [0.29, 0.717) is 6.04 Å². The molecule has 0 bridgehead atoms. The fourth-order valence-electron chi connectivity index (χ4n) is 2.70. The van der Waals surface area contributed by atoms with Crippen molar-refractivity contribution in [3.8, 4) is 6.07 Å². The molecule has 0 aliphatic heterocycles. The molecule has 96 valence electrons. The predicted molar refractivity (Wildman–Crippen MR) is 74.5 cm³/mol. The summed E-state index contributed by atoms with van der Waals surface area (Å²) in [7, 11) is 2.05. The minimum Gasteiger partial charge on any atom is -0.385 e. The van der Waals surface area contributed by atoms with Crippen molar-refractivity contribution in [2.45, 2.75) is 31.7 Å². The van der Waals surface area contributed by atoms with Gasteiger partial charge in [-0.25, -0.2) is 0 Å². The Kier molecular flexibility index (Phi) is 4.60. The minimum atomic E-state index is 0.677. The summed E-state index contributed by atoms with van der Waals surface area (Å²) < 4.78 is 0. The zero-order valence-corrected chi connectivity index (χ0v) is 10.9. The lowest BCUT2D eigenvalue weighted by atomic mass is 9.85. The van der Waals surface area contributed by atoms with E-state index in [1.54, 1.807) is 0 Å². The highest BCUT2D eigenvalue weighted by Gasteiger charge is 2.20. The molecule has 1 aromatic carbocycles. The Morgan fingerprint density at radius 1 is 1.39 bits per heavy atom. The van der Waals surface area contributed by atoms with Crippen molar-refractivity contribution in [3.63, 3.8) is 0 Å². The summed E-state index contributed by atoms with van der Waals surface area (Å²) in [6, 6.07) is 10.6. The molecule has 0 spiro atoms. The van der Waals surface area contributed by atoms with E-state index >= 15 is 0 Å². The van der Waals surface area contributed by atoms with Crippen molar-refractivity contribution in [3.05, 3.63) is 29.8 Å². The van der Waals surface area contributed by atoms with Crippen molar-refractivity contribution >= 4 is 5.69 Å². The lowest BCUT2D eigenvalue weighted by Gasteiger charge is -2.29. The first-order valence-corrected chi connectivity index (χ1v) is 6.73. The van der Waals surface area contributed by atoms with Gasteiger partial charge in [0.1, 0.15) is 0 Å². The van der Waals surface area contributed by atoms with Crippen molar-refractivity contribution in [1.82, 2.24) is 5.32 Å². The van der Waals surface area contributed by atoms with Crippen LogP contribution < -0.4 is 10.6 Å². The van der Waals surface area contributed by atoms with Gasteiger partial charge < -0.3 is 10.6 Å². The monoisotopic (exact) mass is 243 g/mol. The van der Waals surface area contributed by atoms with Gasteiger partial charge in [0, 0.05) is 18.3 Å². The smallest absolute Gasteiger partial charge is 0.0992 e. The molecule has 0 heterocycles. The number of anilines is 1. The van der Waals surface area contributed by atoms with E-state index < -0.39 is 0 Å². The van der Waals surface area contributed by atoms with Crippen LogP contribution in [0.25, 0.3) is 0 Å². The normalized spacial score (nSPS) is 23.3. The highest BCUT2D eigenvalue weighted by molar-refractivity contribution is 5.49. The number of nitriles is 1. The highest BCUT2D eigenvalue weighted by Crippen LogP contribution is 2.24. The van der Waals surface area contributed by atoms with Gasteiger partial charge in [0.2, 0.25) is 0 Å². The van der Waals surface area contributed by atoms with E-state index in [-0.39, 0.29) is 0 Å². The van der Waals surface area contributed by atoms with Crippen molar-refractivity contribution in [2.24, 2.45) is 5.92 Å². The summed E-state index contributed by atoms with van der Waals surface area (Å²) >= 11 is 0. The second-order valence-corrected chi connectivity index (χ2v) is 5.09. The van der Waals surface area contributed by atoms with E-state index in [1.807, 2.05) is 24.3 Å². The van der Waals surface area contributed by atoms with Crippen LogP contribution in [0.5, 0.6) is 0 Å². The number of hydrogen-bond donors (Lipinski definition) is 2. The minimum absolute atomic E-state index is 0.677. The van der Waals surface area contributed by atoms with E-state index in [0.717, 1.165) is 23.7 Å². The molecule has 0 radical (unpaired) electrons. The summed E-state index contributed by atoms with van der Waals surface area (Å²) in [5.41, 5.74) is 1.78. The van der Waals surface area contributed by atoms with E-state index in [4.69, 9.17) is 5.26 Å². The summed E-state index contributed by atoms with van der Waals surface area (Å²) in [5.74, 6) is 0.738. The van der Waals surface area contributed by atoms with E-state index in [9.17, 15) is 0 Å². The molecule has 2 atom stereocenters. The van der Waals surface area contributed by atoms with Crippen LogP contribution >= 0.6 is 0 Å². The summed E-state index contributed by atoms with van der Waals surface area (Å²) in [5, 5.41) is 15.7. The fourth-order valence-corrected chi connectivity index (χ4v) is 2.70. The Bertz CT molecular complexity index is 422. The third-order valence-electron chi connectivity index (χ3n) is 3.78. The third-order valence-corrected chi connectivity index (χ3v) is 3.78. The quantitative estimate of drug-likeness (QED) is 0.855. The van der Waals surface area contributed by atoms with Crippen LogP contribution in [0.1, 0.15) is 31.2 Å². The molecule has 2 rings (SSSR count). The van der Waals surface area contributed by atoms with Crippen LogP contribution in [0.2, 0.25) is 0 Å². The molecule has 2 unspecified atom stereocenters. The summed E-state index contributed by atoms with van der Waals surface area (Å²) in [6.45, 7) is 1.01. The first-order valence-electron chi connectivity index (χ1n) is 6.73. The topological polar surface area (TPSA) is 47.8 Å². The maximum absolute atomic E-state index is 8.86. The molecule has 3 nitrogen and oxygen atoms in total. The molecule has 1 aromatic rings. The average Bonchev–Trinajstić information content (AvgIpc) is 2.45. The maximum atomic E-state index is 8.86. The van der Waals surface area contributed by atoms with Crippen LogP contribution in [0, 0.1) is 17.2 Å². The van der Waals surface area contributed by atoms with E-state index in [2.05, 4.69) is 23.8 Å². The van der Waals surface area contributed by atoms with Gasteiger partial charge in [-0.05, 0) is 50.4 Å². The lowest BCUT2D eigenvalue weighted by molar-refractivity contribution is 0.306. The van der Waals surface area contributed by atoms with Crippen LogP contribution in [0.4, 0.5) is 5.69 Å². The SMILES string of the molecule is CNC1CCCC(CNc2cccc(C#N)c2)C1. The highest BCUT2D eigenvalue weighted by atomic mass is 14.9. The number of benzene rings is 1. The van der Waals surface area contributed by atoms with Crippen molar-refractivity contribution in [1.29, 1.82) is 5.26 Å².